The third-order valence-electron chi connectivity index (χ3n) is 2.75. The summed E-state index contributed by atoms with van der Waals surface area (Å²) in [5.74, 6) is 1.99. The number of benzene rings is 1. The summed E-state index contributed by atoms with van der Waals surface area (Å²) < 4.78 is 5.39. The van der Waals surface area contributed by atoms with Crippen LogP contribution in [0.4, 0.5) is 0 Å². The summed E-state index contributed by atoms with van der Waals surface area (Å²) >= 11 is 4.22. The fourth-order valence-corrected chi connectivity index (χ4v) is 1.89. The van der Waals surface area contributed by atoms with Gasteiger partial charge in [-0.25, -0.2) is 0 Å². The first-order valence-corrected chi connectivity index (χ1v) is 6.07. The SMILES string of the molecule is COc1cc(C)c(C)cc1CCCCS. The molecule has 0 saturated carbocycles. The van der Waals surface area contributed by atoms with E-state index in [1.54, 1.807) is 7.11 Å². The lowest BCUT2D eigenvalue weighted by molar-refractivity contribution is 0.408. The summed E-state index contributed by atoms with van der Waals surface area (Å²) in [6.45, 7) is 4.27. The van der Waals surface area contributed by atoms with Gasteiger partial charge in [-0.3, -0.25) is 0 Å². The number of rotatable bonds is 5. The van der Waals surface area contributed by atoms with Crippen molar-refractivity contribution in [2.75, 3.05) is 12.9 Å². The second-order valence-electron chi connectivity index (χ2n) is 3.93. The van der Waals surface area contributed by atoms with E-state index < -0.39 is 0 Å². The minimum absolute atomic E-state index is 0.965. The van der Waals surface area contributed by atoms with Gasteiger partial charge in [0.25, 0.3) is 0 Å². The highest BCUT2D eigenvalue weighted by Gasteiger charge is 2.05. The topological polar surface area (TPSA) is 9.23 Å². The highest BCUT2D eigenvalue weighted by molar-refractivity contribution is 7.80. The summed E-state index contributed by atoms with van der Waals surface area (Å²) in [6.07, 6.45) is 3.44. The van der Waals surface area contributed by atoms with E-state index in [0.717, 1.165) is 17.9 Å². The maximum absolute atomic E-state index is 5.39. The first kappa shape index (κ1) is 12.4. The Hall–Kier alpha value is -0.630. The van der Waals surface area contributed by atoms with Gasteiger partial charge in [0.15, 0.2) is 0 Å². The number of thiol groups is 1. The van der Waals surface area contributed by atoms with Crippen molar-refractivity contribution in [2.24, 2.45) is 0 Å². The van der Waals surface area contributed by atoms with Crippen LogP contribution in [0.1, 0.15) is 29.5 Å². The number of aryl methyl sites for hydroxylation is 3. The largest absolute Gasteiger partial charge is 0.496 e. The van der Waals surface area contributed by atoms with Crippen molar-refractivity contribution in [1.29, 1.82) is 0 Å². The summed E-state index contributed by atoms with van der Waals surface area (Å²) in [5.41, 5.74) is 3.96. The average Bonchev–Trinajstić information content (AvgIpc) is 2.23. The van der Waals surface area contributed by atoms with Gasteiger partial charge < -0.3 is 4.74 Å². The third-order valence-corrected chi connectivity index (χ3v) is 3.07. The smallest absolute Gasteiger partial charge is 0.122 e. The van der Waals surface area contributed by atoms with Gasteiger partial charge in [-0.1, -0.05) is 6.07 Å². The van der Waals surface area contributed by atoms with E-state index in [0.29, 0.717) is 0 Å². The van der Waals surface area contributed by atoms with E-state index in [1.165, 1.54) is 29.5 Å². The highest BCUT2D eigenvalue weighted by atomic mass is 32.1. The lowest BCUT2D eigenvalue weighted by Gasteiger charge is -2.11. The average molecular weight is 224 g/mol. The van der Waals surface area contributed by atoms with Crippen LogP contribution in [0.5, 0.6) is 5.75 Å². The molecular formula is C13H20OS. The minimum Gasteiger partial charge on any atom is -0.496 e. The van der Waals surface area contributed by atoms with Gasteiger partial charge in [0.2, 0.25) is 0 Å². The standard InChI is InChI=1S/C13H20OS/c1-10-8-12(6-4-5-7-15)13(14-3)9-11(10)2/h8-9,15H,4-7H2,1-3H3. The maximum atomic E-state index is 5.39. The Morgan fingerprint density at radius 3 is 2.40 bits per heavy atom. The van der Waals surface area contributed by atoms with Gasteiger partial charge in [-0.15, -0.1) is 0 Å². The van der Waals surface area contributed by atoms with Crippen LogP contribution in [0.2, 0.25) is 0 Å². The van der Waals surface area contributed by atoms with Crippen molar-refractivity contribution in [3.63, 3.8) is 0 Å². The summed E-state index contributed by atoms with van der Waals surface area (Å²) in [7, 11) is 1.74. The molecular weight excluding hydrogens is 204 g/mol. The molecule has 1 nitrogen and oxygen atoms in total. The lowest BCUT2D eigenvalue weighted by atomic mass is 10.0. The van der Waals surface area contributed by atoms with Crippen molar-refractivity contribution in [3.05, 3.63) is 28.8 Å². The molecule has 0 unspecified atom stereocenters. The van der Waals surface area contributed by atoms with Gasteiger partial charge >= 0.3 is 0 Å². The molecule has 0 aliphatic rings. The van der Waals surface area contributed by atoms with Crippen molar-refractivity contribution >= 4 is 12.6 Å². The van der Waals surface area contributed by atoms with Crippen LogP contribution in [0.15, 0.2) is 12.1 Å². The molecule has 0 amide bonds. The zero-order valence-corrected chi connectivity index (χ0v) is 10.7. The maximum Gasteiger partial charge on any atom is 0.122 e. The summed E-state index contributed by atoms with van der Waals surface area (Å²) in [4.78, 5) is 0. The van der Waals surface area contributed by atoms with Gasteiger partial charge in [-0.2, -0.15) is 12.6 Å². The van der Waals surface area contributed by atoms with Gasteiger partial charge in [0, 0.05) is 0 Å². The molecule has 0 saturated heterocycles. The normalized spacial score (nSPS) is 10.4. The Labute approximate surface area is 98.3 Å². The molecule has 0 fully saturated rings. The Morgan fingerprint density at radius 1 is 1.13 bits per heavy atom. The summed E-state index contributed by atoms with van der Waals surface area (Å²) in [6, 6.07) is 4.37. The van der Waals surface area contributed by atoms with Crippen molar-refractivity contribution in [1.82, 2.24) is 0 Å². The van der Waals surface area contributed by atoms with E-state index >= 15 is 0 Å². The van der Waals surface area contributed by atoms with Crippen LogP contribution in [0, 0.1) is 13.8 Å². The molecule has 2 heteroatoms. The Kier molecular flexibility index (Phi) is 5.03. The fourth-order valence-electron chi connectivity index (χ4n) is 1.66. The Morgan fingerprint density at radius 2 is 1.80 bits per heavy atom. The van der Waals surface area contributed by atoms with Gasteiger partial charge in [0.05, 0.1) is 7.11 Å². The van der Waals surface area contributed by atoms with Crippen LogP contribution in [0.3, 0.4) is 0 Å². The zero-order valence-electron chi connectivity index (χ0n) is 9.84. The van der Waals surface area contributed by atoms with Crippen LogP contribution >= 0.6 is 12.6 Å². The molecule has 0 aromatic heterocycles. The molecule has 0 heterocycles. The van der Waals surface area contributed by atoms with E-state index in [4.69, 9.17) is 4.74 Å². The molecule has 1 aromatic carbocycles. The van der Waals surface area contributed by atoms with E-state index in [2.05, 4.69) is 38.6 Å². The number of methoxy groups -OCH3 is 1. The van der Waals surface area contributed by atoms with Crippen LogP contribution in [-0.4, -0.2) is 12.9 Å². The predicted molar refractivity (Wildman–Crippen MR) is 69.3 cm³/mol. The molecule has 0 aliphatic heterocycles. The second kappa shape index (κ2) is 6.06. The van der Waals surface area contributed by atoms with Crippen LogP contribution in [0.25, 0.3) is 0 Å². The predicted octanol–water partition coefficient (Wildman–Crippen LogP) is 3.56. The van der Waals surface area contributed by atoms with Crippen LogP contribution < -0.4 is 4.74 Å². The summed E-state index contributed by atoms with van der Waals surface area (Å²) in [5, 5.41) is 0. The monoisotopic (exact) mass is 224 g/mol. The third kappa shape index (κ3) is 3.45. The fraction of sp³-hybridized carbons (Fsp3) is 0.538. The molecule has 1 rings (SSSR count). The molecule has 0 spiro atoms. The number of unbranched alkanes of at least 4 members (excludes halogenated alkanes) is 1. The molecule has 84 valence electrons. The minimum atomic E-state index is 0.965. The second-order valence-corrected chi connectivity index (χ2v) is 4.38. The molecule has 15 heavy (non-hydrogen) atoms. The molecule has 0 atom stereocenters. The molecule has 0 aliphatic carbocycles. The Bertz CT molecular complexity index is 321. The quantitative estimate of drug-likeness (QED) is 0.594. The van der Waals surface area contributed by atoms with Crippen molar-refractivity contribution < 1.29 is 4.74 Å². The van der Waals surface area contributed by atoms with E-state index in [9.17, 15) is 0 Å². The number of hydrogen-bond donors (Lipinski definition) is 1. The van der Waals surface area contributed by atoms with Gasteiger partial charge in [-0.05, 0) is 61.6 Å². The van der Waals surface area contributed by atoms with Gasteiger partial charge in [0.1, 0.15) is 5.75 Å². The number of ether oxygens (including phenoxy) is 1. The lowest BCUT2D eigenvalue weighted by Crippen LogP contribution is -1.95. The first-order chi connectivity index (χ1) is 7.19. The van der Waals surface area contributed by atoms with Crippen LogP contribution in [-0.2, 0) is 6.42 Å². The van der Waals surface area contributed by atoms with E-state index in [-0.39, 0.29) is 0 Å². The molecule has 1 aromatic rings. The molecule has 0 bridgehead atoms. The highest BCUT2D eigenvalue weighted by Crippen LogP contribution is 2.24. The zero-order chi connectivity index (χ0) is 11.3. The van der Waals surface area contributed by atoms with Crippen molar-refractivity contribution in [2.45, 2.75) is 33.1 Å². The molecule has 0 radical (unpaired) electrons. The van der Waals surface area contributed by atoms with E-state index in [1.807, 2.05) is 0 Å². The van der Waals surface area contributed by atoms with Crippen molar-refractivity contribution in [3.8, 4) is 5.75 Å². The first-order valence-electron chi connectivity index (χ1n) is 5.44. The molecule has 0 N–H and O–H groups in total. The number of hydrogen-bond acceptors (Lipinski definition) is 2. The Balaban J connectivity index is 2.80.